The summed E-state index contributed by atoms with van der Waals surface area (Å²) in [7, 11) is -3.27. The van der Waals surface area contributed by atoms with Crippen LogP contribution in [0.3, 0.4) is 0 Å². The maximum Gasteiger partial charge on any atom is 0.180 e. The van der Waals surface area contributed by atoms with Crippen LogP contribution in [-0.4, -0.2) is 32.7 Å². The van der Waals surface area contributed by atoms with E-state index in [4.69, 9.17) is 0 Å². The molecule has 0 atom stereocenters. The van der Waals surface area contributed by atoms with Gasteiger partial charge in [0.05, 0.1) is 15.7 Å². The summed E-state index contributed by atoms with van der Waals surface area (Å²) < 4.78 is 25.1. The largest absolute Gasteiger partial charge is 0.366 e. The van der Waals surface area contributed by atoms with E-state index < -0.39 is 9.84 Å². The minimum Gasteiger partial charge on any atom is -0.366 e. The standard InChI is InChI=1S/C15H23NO2S2/c1-5-16(6-2)15(19-4)13(3)20(17,18)12-14-10-8-7-9-11-14/h7-11H,5-6,12H2,1-4H3. The fourth-order valence-corrected chi connectivity index (χ4v) is 4.72. The lowest BCUT2D eigenvalue weighted by atomic mass is 10.2. The quantitative estimate of drug-likeness (QED) is 0.772. The van der Waals surface area contributed by atoms with Crippen molar-refractivity contribution in [2.45, 2.75) is 26.5 Å². The van der Waals surface area contributed by atoms with Crippen LogP contribution in [0.5, 0.6) is 0 Å². The second kappa shape index (κ2) is 7.74. The summed E-state index contributed by atoms with van der Waals surface area (Å²) in [4.78, 5) is 2.56. The Kier molecular flexibility index (Phi) is 6.62. The molecule has 0 aliphatic heterocycles. The van der Waals surface area contributed by atoms with Crippen LogP contribution in [0, 0.1) is 0 Å². The summed E-state index contributed by atoms with van der Waals surface area (Å²) in [6.45, 7) is 7.41. The second-order valence-electron chi connectivity index (χ2n) is 4.48. The Morgan fingerprint density at radius 2 is 1.70 bits per heavy atom. The Morgan fingerprint density at radius 1 is 1.15 bits per heavy atom. The number of thioether (sulfide) groups is 1. The Bertz CT molecular complexity index is 546. The third kappa shape index (κ3) is 4.28. The van der Waals surface area contributed by atoms with Crippen LogP contribution in [0.15, 0.2) is 40.3 Å². The molecule has 0 N–H and O–H groups in total. The summed E-state index contributed by atoms with van der Waals surface area (Å²) in [5, 5.41) is 0.853. The molecular weight excluding hydrogens is 290 g/mol. The summed E-state index contributed by atoms with van der Waals surface area (Å²) >= 11 is 1.50. The molecule has 0 amide bonds. The molecule has 0 unspecified atom stereocenters. The normalized spacial score (nSPS) is 13.0. The highest BCUT2D eigenvalue weighted by Crippen LogP contribution is 2.26. The number of nitrogens with zero attached hydrogens (tertiary/aromatic N) is 1. The lowest BCUT2D eigenvalue weighted by Crippen LogP contribution is -2.23. The molecule has 3 nitrogen and oxygen atoms in total. The molecule has 1 aromatic carbocycles. The molecular formula is C15H23NO2S2. The molecule has 0 bridgehead atoms. The van der Waals surface area contributed by atoms with Crippen molar-refractivity contribution in [3.8, 4) is 0 Å². The van der Waals surface area contributed by atoms with Crippen molar-refractivity contribution in [1.29, 1.82) is 0 Å². The van der Waals surface area contributed by atoms with E-state index in [0.29, 0.717) is 4.91 Å². The fourth-order valence-electron chi connectivity index (χ4n) is 2.04. The highest BCUT2D eigenvalue weighted by atomic mass is 32.2. The predicted octanol–water partition coefficient (Wildman–Crippen LogP) is 3.50. The van der Waals surface area contributed by atoms with Crippen molar-refractivity contribution < 1.29 is 8.42 Å². The Hall–Kier alpha value is -0.940. The molecule has 1 aromatic rings. The fraction of sp³-hybridized carbons (Fsp3) is 0.467. The molecule has 0 aromatic heterocycles. The molecule has 0 aliphatic rings. The van der Waals surface area contributed by atoms with Gasteiger partial charge in [0, 0.05) is 13.1 Å². The molecule has 0 saturated carbocycles. The Morgan fingerprint density at radius 3 is 2.15 bits per heavy atom. The molecule has 0 saturated heterocycles. The molecule has 0 heterocycles. The molecule has 0 fully saturated rings. The molecule has 1 rings (SSSR count). The first-order valence-corrected chi connectivity index (χ1v) is 9.60. The second-order valence-corrected chi connectivity index (χ2v) is 7.41. The van der Waals surface area contributed by atoms with Crippen LogP contribution in [0.4, 0.5) is 0 Å². The summed E-state index contributed by atoms with van der Waals surface area (Å²) in [5.41, 5.74) is 0.826. The van der Waals surface area contributed by atoms with E-state index in [1.807, 2.05) is 50.4 Å². The minimum absolute atomic E-state index is 0.0605. The van der Waals surface area contributed by atoms with Gasteiger partial charge in [-0.1, -0.05) is 30.3 Å². The average Bonchev–Trinajstić information content (AvgIpc) is 2.44. The smallest absolute Gasteiger partial charge is 0.180 e. The SMILES string of the molecule is CCN(CC)C(SC)=C(C)S(=O)(=O)Cc1ccccc1. The monoisotopic (exact) mass is 313 g/mol. The van der Waals surface area contributed by atoms with Crippen molar-refractivity contribution in [3.05, 3.63) is 45.8 Å². The molecule has 20 heavy (non-hydrogen) atoms. The first-order chi connectivity index (χ1) is 9.46. The van der Waals surface area contributed by atoms with Gasteiger partial charge in [0.2, 0.25) is 0 Å². The average molecular weight is 313 g/mol. The summed E-state index contributed by atoms with van der Waals surface area (Å²) in [5.74, 6) is 0.0605. The number of rotatable bonds is 7. The predicted molar refractivity (Wildman–Crippen MR) is 88.2 cm³/mol. The zero-order chi connectivity index (χ0) is 15.2. The van der Waals surface area contributed by atoms with Gasteiger partial charge in [-0.15, -0.1) is 11.8 Å². The van der Waals surface area contributed by atoms with E-state index in [2.05, 4.69) is 4.90 Å². The van der Waals surface area contributed by atoms with Gasteiger partial charge in [-0.2, -0.15) is 0 Å². The maximum absolute atomic E-state index is 12.5. The van der Waals surface area contributed by atoms with Crippen molar-refractivity contribution in [3.63, 3.8) is 0 Å². The zero-order valence-corrected chi connectivity index (χ0v) is 14.2. The van der Waals surface area contributed by atoms with E-state index >= 15 is 0 Å². The third-order valence-electron chi connectivity index (χ3n) is 3.21. The van der Waals surface area contributed by atoms with Crippen LogP contribution in [-0.2, 0) is 15.6 Å². The van der Waals surface area contributed by atoms with Crippen molar-refractivity contribution in [2.75, 3.05) is 19.3 Å². The third-order valence-corrected chi connectivity index (χ3v) is 6.13. The van der Waals surface area contributed by atoms with Gasteiger partial charge in [0.15, 0.2) is 9.84 Å². The Labute approximate surface area is 127 Å². The van der Waals surface area contributed by atoms with Crippen molar-refractivity contribution in [2.24, 2.45) is 0 Å². The lowest BCUT2D eigenvalue weighted by molar-refractivity contribution is 0.407. The molecule has 0 spiro atoms. The van der Waals surface area contributed by atoms with Gasteiger partial charge in [-0.05, 0) is 32.6 Å². The van der Waals surface area contributed by atoms with Gasteiger partial charge in [0.25, 0.3) is 0 Å². The number of allylic oxidation sites excluding steroid dienone is 1. The highest BCUT2D eigenvalue weighted by Gasteiger charge is 2.21. The minimum atomic E-state index is -3.27. The summed E-state index contributed by atoms with van der Waals surface area (Å²) in [6, 6.07) is 9.32. The molecule has 5 heteroatoms. The number of hydrogen-bond acceptors (Lipinski definition) is 4. The van der Waals surface area contributed by atoms with E-state index in [-0.39, 0.29) is 5.75 Å². The highest BCUT2D eigenvalue weighted by molar-refractivity contribution is 8.03. The van der Waals surface area contributed by atoms with E-state index in [0.717, 1.165) is 23.7 Å². The molecule has 112 valence electrons. The maximum atomic E-state index is 12.5. The van der Waals surface area contributed by atoms with E-state index in [1.165, 1.54) is 11.8 Å². The van der Waals surface area contributed by atoms with E-state index in [9.17, 15) is 8.42 Å². The van der Waals surface area contributed by atoms with Gasteiger partial charge >= 0.3 is 0 Å². The van der Waals surface area contributed by atoms with Crippen LogP contribution >= 0.6 is 11.8 Å². The summed E-state index contributed by atoms with van der Waals surface area (Å²) in [6.07, 6.45) is 1.93. The van der Waals surface area contributed by atoms with E-state index in [1.54, 1.807) is 6.92 Å². The topological polar surface area (TPSA) is 37.4 Å². The van der Waals surface area contributed by atoms with Crippen LogP contribution in [0.2, 0.25) is 0 Å². The van der Waals surface area contributed by atoms with Crippen molar-refractivity contribution >= 4 is 21.6 Å². The molecule has 0 aliphatic carbocycles. The Balaban J connectivity index is 3.11. The van der Waals surface area contributed by atoms with Crippen LogP contribution in [0.25, 0.3) is 0 Å². The van der Waals surface area contributed by atoms with Gasteiger partial charge in [-0.3, -0.25) is 0 Å². The number of sulfone groups is 1. The lowest BCUT2D eigenvalue weighted by Gasteiger charge is -2.25. The first-order valence-electron chi connectivity index (χ1n) is 6.72. The molecule has 0 radical (unpaired) electrons. The van der Waals surface area contributed by atoms with Crippen LogP contribution < -0.4 is 0 Å². The van der Waals surface area contributed by atoms with Crippen LogP contribution in [0.1, 0.15) is 26.3 Å². The first kappa shape index (κ1) is 17.1. The zero-order valence-electron chi connectivity index (χ0n) is 12.6. The van der Waals surface area contributed by atoms with Gasteiger partial charge in [-0.25, -0.2) is 8.42 Å². The van der Waals surface area contributed by atoms with Gasteiger partial charge < -0.3 is 4.90 Å². The van der Waals surface area contributed by atoms with Crippen molar-refractivity contribution in [1.82, 2.24) is 4.90 Å². The number of benzene rings is 1. The number of hydrogen-bond donors (Lipinski definition) is 0. The van der Waals surface area contributed by atoms with Gasteiger partial charge in [0.1, 0.15) is 0 Å².